The molecule has 0 aromatic heterocycles. The van der Waals surface area contributed by atoms with Crippen LogP contribution in [0, 0.1) is 11.3 Å². The summed E-state index contributed by atoms with van der Waals surface area (Å²) in [5.74, 6) is 1.12. The van der Waals surface area contributed by atoms with Gasteiger partial charge in [0.05, 0.1) is 12.3 Å². The summed E-state index contributed by atoms with van der Waals surface area (Å²) in [5.41, 5.74) is 7.18. The first kappa shape index (κ1) is 14.2. The molecule has 0 radical (unpaired) electrons. The van der Waals surface area contributed by atoms with Crippen molar-refractivity contribution in [2.24, 2.45) is 17.1 Å². The molecule has 0 spiro atoms. The van der Waals surface area contributed by atoms with E-state index in [1.807, 2.05) is 6.92 Å². The van der Waals surface area contributed by atoms with E-state index < -0.39 is 0 Å². The minimum atomic E-state index is -0.145. The highest BCUT2D eigenvalue weighted by atomic mass is 16.5. The minimum absolute atomic E-state index is 0.0172. The van der Waals surface area contributed by atoms with Crippen molar-refractivity contribution in [1.29, 1.82) is 0 Å². The molecule has 2 heteroatoms. The molecular formula is C13H25NO. The third kappa shape index (κ3) is 5.03. The van der Waals surface area contributed by atoms with Gasteiger partial charge in [-0.3, -0.25) is 0 Å². The van der Waals surface area contributed by atoms with Crippen LogP contribution >= 0.6 is 0 Å². The molecule has 0 fully saturated rings. The molecule has 1 atom stereocenters. The van der Waals surface area contributed by atoms with Crippen LogP contribution in [0.3, 0.4) is 0 Å². The van der Waals surface area contributed by atoms with Crippen molar-refractivity contribution in [2.45, 2.75) is 47.6 Å². The first-order chi connectivity index (χ1) is 6.66. The highest BCUT2D eigenvalue weighted by Gasteiger charge is 2.24. The summed E-state index contributed by atoms with van der Waals surface area (Å²) in [6, 6.07) is -0.145. The number of allylic oxidation sites excluding steroid dienone is 1. The van der Waals surface area contributed by atoms with E-state index in [0.29, 0.717) is 11.7 Å². The average molecular weight is 211 g/mol. The minimum Gasteiger partial charge on any atom is -0.468 e. The smallest absolute Gasteiger partial charge is 0.113 e. The van der Waals surface area contributed by atoms with E-state index in [2.05, 4.69) is 41.2 Å². The van der Waals surface area contributed by atoms with E-state index in [1.54, 1.807) is 6.26 Å². The van der Waals surface area contributed by atoms with Gasteiger partial charge in [-0.2, -0.15) is 0 Å². The molecule has 0 aromatic carbocycles. The molecule has 0 saturated carbocycles. The maximum atomic E-state index is 6.00. The zero-order valence-corrected chi connectivity index (χ0v) is 10.9. The third-order valence-electron chi connectivity index (χ3n) is 2.59. The standard InChI is InChI=1S/C13H25NO/c1-9(2)10(3)8-15-11(4)12(14)13(5,6)7/h8-9,12H,4,14H2,1-3,5-7H3/b10-8+/t12-/m0/s1. The molecular weight excluding hydrogens is 186 g/mol. The summed E-state index contributed by atoms with van der Waals surface area (Å²) in [7, 11) is 0. The van der Waals surface area contributed by atoms with E-state index in [0.717, 1.165) is 0 Å². The predicted octanol–water partition coefficient (Wildman–Crippen LogP) is 3.45. The normalized spacial score (nSPS) is 15.3. The molecule has 15 heavy (non-hydrogen) atoms. The Morgan fingerprint density at radius 2 is 1.80 bits per heavy atom. The second-order valence-corrected chi connectivity index (χ2v) is 5.44. The topological polar surface area (TPSA) is 35.2 Å². The number of hydrogen-bond donors (Lipinski definition) is 1. The van der Waals surface area contributed by atoms with Crippen LogP contribution in [0.25, 0.3) is 0 Å². The quantitative estimate of drug-likeness (QED) is 0.723. The van der Waals surface area contributed by atoms with Gasteiger partial charge in [0.25, 0.3) is 0 Å². The van der Waals surface area contributed by atoms with E-state index >= 15 is 0 Å². The van der Waals surface area contributed by atoms with E-state index in [1.165, 1.54) is 5.57 Å². The van der Waals surface area contributed by atoms with Crippen LogP contribution in [0.1, 0.15) is 41.5 Å². The molecule has 0 bridgehead atoms. The molecule has 0 rings (SSSR count). The summed E-state index contributed by atoms with van der Waals surface area (Å²) in [5, 5.41) is 0. The number of nitrogens with two attached hydrogens (primary N) is 1. The molecule has 0 aliphatic heterocycles. The van der Waals surface area contributed by atoms with Crippen molar-refractivity contribution >= 4 is 0 Å². The molecule has 0 aliphatic rings. The van der Waals surface area contributed by atoms with E-state index in [4.69, 9.17) is 10.5 Å². The highest BCUT2D eigenvalue weighted by molar-refractivity contribution is 5.05. The Hall–Kier alpha value is -0.760. The predicted molar refractivity (Wildman–Crippen MR) is 66.3 cm³/mol. The lowest BCUT2D eigenvalue weighted by molar-refractivity contribution is 0.241. The molecule has 88 valence electrons. The molecule has 2 N–H and O–H groups in total. The van der Waals surface area contributed by atoms with Gasteiger partial charge in [-0.15, -0.1) is 0 Å². The van der Waals surface area contributed by atoms with Gasteiger partial charge in [0.2, 0.25) is 0 Å². The summed E-state index contributed by atoms with van der Waals surface area (Å²) in [6.07, 6.45) is 1.75. The Morgan fingerprint density at radius 3 is 2.13 bits per heavy atom. The Balaban J connectivity index is 4.34. The van der Waals surface area contributed by atoms with Crippen LogP contribution in [0.4, 0.5) is 0 Å². The fourth-order valence-electron chi connectivity index (χ4n) is 0.861. The lowest BCUT2D eigenvalue weighted by Crippen LogP contribution is -2.36. The number of ether oxygens (including phenoxy) is 1. The maximum Gasteiger partial charge on any atom is 0.113 e. The van der Waals surface area contributed by atoms with Crippen molar-refractivity contribution < 1.29 is 4.74 Å². The van der Waals surface area contributed by atoms with Crippen LogP contribution < -0.4 is 5.73 Å². The van der Waals surface area contributed by atoms with Crippen molar-refractivity contribution in [2.75, 3.05) is 0 Å². The third-order valence-corrected chi connectivity index (χ3v) is 2.59. The fraction of sp³-hybridized carbons (Fsp3) is 0.692. The highest BCUT2D eigenvalue weighted by Crippen LogP contribution is 2.23. The van der Waals surface area contributed by atoms with Gasteiger partial charge in [0.15, 0.2) is 0 Å². The summed E-state index contributed by atoms with van der Waals surface area (Å²) < 4.78 is 5.47. The van der Waals surface area contributed by atoms with Crippen molar-refractivity contribution in [3.8, 4) is 0 Å². The van der Waals surface area contributed by atoms with E-state index in [-0.39, 0.29) is 11.5 Å². The van der Waals surface area contributed by atoms with Crippen LogP contribution in [0.15, 0.2) is 24.2 Å². The lowest BCUT2D eigenvalue weighted by Gasteiger charge is -2.27. The van der Waals surface area contributed by atoms with Crippen molar-refractivity contribution in [3.05, 3.63) is 24.2 Å². The number of rotatable bonds is 4. The zero-order chi connectivity index (χ0) is 12.2. The van der Waals surface area contributed by atoms with Crippen molar-refractivity contribution in [1.82, 2.24) is 0 Å². The first-order valence-electron chi connectivity index (χ1n) is 5.44. The molecule has 0 unspecified atom stereocenters. The monoisotopic (exact) mass is 211 g/mol. The first-order valence-corrected chi connectivity index (χ1v) is 5.44. The largest absolute Gasteiger partial charge is 0.468 e. The van der Waals surface area contributed by atoms with Gasteiger partial charge < -0.3 is 10.5 Å². The van der Waals surface area contributed by atoms with Crippen LogP contribution in [0.5, 0.6) is 0 Å². The van der Waals surface area contributed by atoms with Crippen LogP contribution in [0.2, 0.25) is 0 Å². The number of hydrogen-bond acceptors (Lipinski definition) is 2. The van der Waals surface area contributed by atoms with Crippen molar-refractivity contribution in [3.63, 3.8) is 0 Å². The fourth-order valence-corrected chi connectivity index (χ4v) is 0.861. The Morgan fingerprint density at radius 1 is 1.33 bits per heavy atom. The van der Waals surface area contributed by atoms with Gasteiger partial charge in [-0.25, -0.2) is 0 Å². The Bertz CT molecular complexity index is 246. The Labute approximate surface area is 94.2 Å². The van der Waals surface area contributed by atoms with Gasteiger partial charge in [-0.05, 0) is 23.8 Å². The van der Waals surface area contributed by atoms with E-state index in [9.17, 15) is 0 Å². The average Bonchev–Trinajstić information content (AvgIpc) is 2.10. The maximum absolute atomic E-state index is 6.00. The van der Waals surface area contributed by atoms with Gasteiger partial charge >= 0.3 is 0 Å². The van der Waals surface area contributed by atoms with Crippen LogP contribution in [-0.2, 0) is 4.74 Å². The summed E-state index contributed by atoms with van der Waals surface area (Å²) in [4.78, 5) is 0. The lowest BCUT2D eigenvalue weighted by atomic mass is 9.86. The molecule has 0 aliphatic carbocycles. The second kappa shape index (κ2) is 5.36. The zero-order valence-electron chi connectivity index (χ0n) is 10.9. The van der Waals surface area contributed by atoms with Gasteiger partial charge in [0, 0.05) is 0 Å². The molecule has 0 amide bonds. The van der Waals surface area contributed by atoms with Crippen LogP contribution in [-0.4, -0.2) is 6.04 Å². The van der Waals surface area contributed by atoms with Gasteiger partial charge in [-0.1, -0.05) is 41.2 Å². The molecule has 0 saturated heterocycles. The summed E-state index contributed by atoms with van der Waals surface area (Å²) >= 11 is 0. The SMILES string of the molecule is C=C(O/C=C(\C)C(C)C)[C@H](N)C(C)(C)C. The molecule has 0 aromatic rings. The second-order valence-electron chi connectivity index (χ2n) is 5.44. The molecule has 0 heterocycles. The molecule has 2 nitrogen and oxygen atoms in total. The summed E-state index contributed by atoms with van der Waals surface area (Å²) in [6.45, 7) is 16.4. The van der Waals surface area contributed by atoms with Gasteiger partial charge in [0.1, 0.15) is 5.76 Å². The Kier molecular flexibility index (Phi) is 5.09.